The summed E-state index contributed by atoms with van der Waals surface area (Å²) in [5, 5.41) is 0. The zero-order valence-corrected chi connectivity index (χ0v) is 9.60. The maximum absolute atomic E-state index is 11.8. The Bertz CT molecular complexity index is 467. The molecule has 8 heteroatoms. The number of hydrogen-bond donors (Lipinski definition) is 1. The predicted molar refractivity (Wildman–Crippen MR) is 56.5 cm³/mol. The minimum absolute atomic E-state index is 0.0152. The van der Waals surface area contributed by atoms with E-state index >= 15 is 0 Å². The van der Waals surface area contributed by atoms with Crippen LogP contribution in [-0.4, -0.2) is 27.5 Å². The molecule has 4 nitrogen and oxygen atoms in total. The highest BCUT2D eigenvalue weighted by Gasteiger charge is 2.28. The summed E-state index contributed by atoms with van der Waals surface area (Å²) in [6, 6.07) is 5.12. The van der Waals surface area contributed by atoms with Crippen LogP contribution >= 0.6 is 0 Å². The highest BCUT2D eigenvalue weighted by atomic mass is 32.2. The molecule has 0 radical (unpaired) electrons. The van der Waals surface area contributed by atoms with E-state index < -0.39 is 22.8 Å². The first-order chi connectivity index (χ1) is 7.66. The lowest BCUT2D eigenvalue weighted by molar-refractivity contribution is -0.153. The van der Waals surface area contributed by atoms with E-state index in [4.69, 9.17) is 0 Å². The first kappa shape index (κ1) is 13.6. The summed E-state index contributed by atoms with van der Waals surface area (Å²) < 4.78 is 63.8. The SMILES string of the molecule is CS(=O)(=O)Nc1ccc(OCC(F)(F)F)cc1. The number of sulfonamides is 1. The van der Waals surface area contributed by atoms with Gasteiger partial charge >= 0.3 is 6.18 Å². The Labute approximate surface area is 96.4 Å². The van der Waals surface area contributed by atoms with Gasteiger partial charge in [-0.2, -0.15) is 13.2 Å². The van der Waals surface area contributed by atoms with Gasteiger partial charge < -0.3 is 4.74 Å². The maximum atomic E-state index is 11.8. The topological polar surface area (TPSA) is 55.4 Å². The molecule has 0 saturated carbocycles. The van der Waals surface area contributed by atoms with Crippen LogP contribution < -0.4 is 9.46 Å². The Hall–Kier alpha value is -1.44. The molecule has 0 amide bonds. The smallest absolute Gasteiger partial charge is 0.422 e. The summed E-state index contributed by atoms with van der Waals surface area (Å²) in [4.78, 5) is 0. The Morgan fingerprint density at radius 1 is 1.24 bits per heavy atom. The van der Waals surface area contributed by atoms with Crippen LogP contribution in [0.5, 0.6) is 5.75 Å². The number of hydrogen-bond acceptors (Lipinski definition) is 3. The van der Waals surface area contributed by atoms with Crippen LogP contribution in [0.4, 0.5) is 18.9 Å². The fourth-order valence-electron chi connectivity index (χ4n) is 0.998. The summed E-state index contributed by atoms with van der Waals surface area (Å²) >= 11 is 0. The first-order valence-electron chi connectivity index (χ1n) is 4.43. The van der Waals surface area contributed by atoms with E-state index in [-0.39, 0.29) is 11.4 Å². The molecule has 1 rings (SSSR count). The number of anilines is 1. The highest BCUT2D eigenvalue weighted by Crippen LogP contribution is 2.20. The van der Waals surface area contributed by atoms with Crippen LogP contribution in [0.1, 0.15) is 0 Å². The molecular weight excluding hydrogens is 259 g/mol. The molecule has 0 fully saturated rings. The van der Waals surface area contributed by atoms with E-state index in [1.54, 1.807) is 0 Å². The van der Waals surface area contributed by atoms with E-state index in [0.717, 1.165) is 6.26 Å². The molecule has 0 aliphatic carbocycles. The lowest BCUT2D eigenvalue weighted by atomic mass is 10.3. The average molecular weight is 269 g/mol. The molecule has 1 aromatic rings. The van der Waals surface area contributed by atoms with Crippen LogP contribution in [0, 0.1) is 0 Å². The molecule has 0 saturated heterocycles. The number of rotatable bonds is 4. The molecule has 0 aliphatic rings. The van der Waals surface area contributed by atoms with Crippen molar-refractivity contribution < 1.29 is 26.3 Å². The summed E-state index contributed by atoms with van der Waals surface area (Å²) in [7, 11) is -3.40. The van der Waals surface area contributed by atoms with Crippen molar-refractivity contribution in [1.82, 2.24) is 0 Å². The van der Waals surface area contributed by atoms with Gasteiger partial charge in [0.15, 0.2) is 6.61 Å². The molecule has 0 bridgehead atoms. The van der Waals surface area contributed by atoms with Crippen LogP contribution in [0.15, 0.2) is 24.3 Å². The van der Waals surface area contributed by atoms with Gasteiger partial charge in [0.05, 0.1) is 6.26 Å². The zero-order chi connectivity index (χ0) is 13.1. The van der Waals surface area contributed by atoms with E-state index in [9.17, 15) is 21.6 Å². The third-order valence-corrected chi connectivity index (χ3v) is 2.17. The minimum atomic E-state index is -4.40. The monoisotopic (exact) mass is 269 g/mol. The van der Waals surface area contributed by atoms with Gasteiger partial charge in [-0.25, -0.2) is 8.42 Å². The second-order valence-corrected chi connectivity index (χ2v) is 5.05. The van der Waals surface area contributed by atoms with Gasteiger partial charge in [-0.05, 0) is 24.3 Å². The van der Waals surface area contributed by atoms with Crippen molar-refractivity contribution in [3.63, 3.8) is 0 Å². The lowest BCUT2D eigenvalue weighted by Crippen LogP contribution is -2.19. The quantitative estimate of drug-likeness (QED) is 0.909. The molecule has 0 heterocycles. The van der Waals surface area contributed by atoms with Crippen molar-refractivity contribution in [3.05, 3.63) is 24.3 Å². The van der Waals surface area contributed by atoms with Gasteiger partial charge in [0.25, 0.3) is 0 Å². The van der Waals surface area contributed by atoms with E-state index in [2.05, 4.69) is 9.46 Å². The number of halogens is 3. The molecule has 17 heavy (non-hydrogen) atoms. The van der Waals surface area contributed by atoms with E-state index in [1.807, 2.05) is 0 Å². The fraction of sp³-hybridized carbons (Fsp3) is 0.333. The van der Waals surface area contributed by atoms with Gasteiger partial charge in [0, 0.05) is 5.69 Å². The molecule has 1 aromatic carbocycles. The van der Waals surface area contributed by atoms with Gasteiger partial charge in [-0.3, -0.25) is 4.72 Å². The van der Waals surface area contributed by atoms with Crippen LogP contribution in [0.2, 0.25) is 0 Å². The first-order valence-corrected chi connectivity index (χ1v) is 6.32. The van der Waals surface area contributed by atoms with Crippen LogP contribution in [0.3, 0.4) is 0 Å². The molecule has 0 atom stereocenters. The van der Waals surface area contributed by atoms with Crippen molar-refractivity contribution in [1.29, 1.82) is 0 Å². The van der Waals surface area contributed by atoms with E-state index in [0.29, 0.717) is 0 Å². The standard InChI is InChI=1S/C9H10F3NO3S/c1-17(14,15)13-7-2-4-8(5-3-7)16-6-9(10,11)12/h2-5,13H,6H2,1H3. The van der Waals surface area contributed by atoms with Crippen LogP contribution in [0.25, 0.3) is 0 Å². The predicted octanol–water partition coefficient (Wildman–Crippen LogP) is 2.00. The van der Waals surface area contributed by atoms with Gasteiger partial charge in [0.2, 0.25) is 10.0 Å². The summed E-state index contributed by atoms with van der Waals surface area (Å²) in [5.41, 5.74) is 0.256. The summed E-state index contributed by atoms with van der Waals surface area (Å²) in [5.74, 6) is 0.0152. The molecular formula is C9H10F3NO3S. The normalized spacial score (nSPS) is 12.2. The Morgan fingerprint density at radius 3 is 2.18 bits per heavy atom. The highest BCUT2D eigenvalue weighted by molar-refractivity contribution is 7.92. The Morgan fingerprint density at radius 2 is 1.76 bits per heavy atom. The second-order valence-electron chi connectivity index (χ2n) is 3.30. The minimum Gasteiger partial charge on any atom is -0.484 e. The number of ether oxygens (including phenoxy) is 1. The lowest BCUT2D eigenvalue weighted by Gasteiger charge is -2.09. The van der Waals surface area contributed by atoms with Gasteiger partial charge in [-0.15, -0.1) is 0 Å². The van der Waals surface area contributed by atoms with Crippen molar-refractivity contribution in [2.45, 2.75) is 6.18 Å². The third kappa shape index (κ3) is 6.00. The summed E-state index contributed by atoms with van der Waals surface area (Å²) in [6.07, 6.45) is -3.43. The summed E-state index contributed by atoms with van der Waals surface area (Å²) in [6.45, 7) is -1.38. The van der Waals surface area contributed by atoms with Crippen molar-refractivity contribution in [3.8, 4) is 5.75 Å². The number of benzene rings is 1. The molecule has 0 aromatic heterocycles. The molecule has 0 aliphatic heterocycles. The van der Waals surface area contributed by atoms with Crippen molar-refractivity contribution >= 4 is 15.7 Å². The number of nitrogens with one attached hydrogen (secondary N) is 1. The average Bonchev–Trinajstić information content (AvgIpc) is 2.13. The zero-order valence-electron chi connectivity index (χ0n) is 8.78. The largest absolute Gasteiger partial charge is 0.484 e. The Kier molecular flexibility index (Phi) is 3.87. The van der Waals surface area contributed by atoms with Crippen molar-refractivity contribution in [2.75, 3.05) is 17.6 Å². The fourth-order valence-corrected chi connectivity index (χ4v) is 1.56. The number of alkyl halides is 3. The Balaban J connectivity index is 2.63. The van der Waals surface area contributed by atoms with Crippen molar-refractivity contribution in [2.24, 2.45) is 0 Å². The second kappa shape index (κ2) is 4.82. The molecule has 1 N–H and O–H groups in total. The molecule has 96 valence electrons. The van der Waals surface area contributed by atoms with E-state index in [1.165, 1.54) is 24.3 Å². The van der Waals surface area contributed by atoms with Gasteiger partial charge in [0.1, 0.15) is 5.75 Å². The van der Waals surface area contributed by atoms with Gasteiger partial charge in [-0.1, -0.05) is 0 Å². The molecule has 0 spiro atoms. The molecule has 0 unspecified atom stereocenters. The third-order valence-electron chi connectivity index (χ3n) is 1.56. The van der Waals surface area contributed by atoms with Crippen LogP contribution in [-0.2, 0) is 10.0 Å². The maximum Gasteiger partial charge on any atom is 0.422 e.